The summed E-state index contributed by atoms with van der Waals surface area (Å²) >= 11 is 0. The average molecular weight is 387 g/mol. The molecule has 0 aromatic heterocycles. The lowest BCUT2D eigenvalue weighted by Crippen LogP contribution is -2.56. The zero-order valence-corrected chi connectivity index (χ0v) is 18.3. The van der Waals surface area contributed by atoms with Crippen molar-refractivity contribution in [3.63, 3.8) is 0 Å². The number of hydrogen-bond acceptors (Lipinski definition) is 3. The normalized spacial score (nSPS) is 46.3. The fraction of sp³-hybridized carbons (Fsp3) is 0.833. The van der Waals surface area contributed by atoms with Crippen molar-refractivity contribution in [2.24, 2.45) is 40.4 Å². The molecule has 0 aliphatic heterocycles. The van der Waals surface area contributed by atoms with Crippen LogP contribution in [0.2, 0.25) is 0 Å². The van der Waals surface area contributed by atoms with Crippen LogP contribution in [0.5, 0.6) is 0 Å². The van der Waals surface area contributed by atoms with Crippen LogP contribution in [0.1, 0.15) is 65.7 Å². The van der Waals surface area contributed by atoms with E-state index in [2.05, 4.69) is 45.1 Å². The molecule has 0 bridgehead atoms. The SMILES string of the molecule is CC([C@H]1CCC2C3CCC4C(=O)C(NC=O)=CC[C@]4(C)C3CC[C@@]21C)N(C)C. The summed E-state index contributed by atoms with van der Waals surface area (Å²) in [5.74, 6) is 3.28. The second-order valence-electron chi connectivity index (χ2n) is 10.9. The maximum atomic E-state index is 13.0. The molecule has 4 aliphatic carbocycles. The van der Waals surface area contributed by atoms with E-state index in [1.54, 1.807) is 0 Å². The molecule has 28 heavy (non-hydrogen) atoms. The largest absolute Gasteiger partial charge is 0.326 e. The monoisotopic (exact) mass is 386 g/mol. The Balaban J connectivity index is 1.60. The molecule has 156 valence electrons. The molecule has 4 nitrogen and oxygen atoms in total. The van der Waals surface area contributed by atoms with E-state index in [9.17, 15) is 9.59 Å². The molecule has 0 aromatic rings. The van der Waals surface area contributed by atoms with Crippen molar-refractivity contribution in [1.29, 1.82) is 0 Å². The van der Waals surface area contributed by atoms with Gasteiger partial charge in [-0.05, 0) is 100 Å². The fourth-order valence-electron chi connectivity index (χ4n) is 8.18. The molecule has 0 radical (unpaired) electrons. The van der Waals surface area contributed by atoms with Crippen LogP contribution in [-0.2, 0) is 9.59 Å². The molecule has 4 aliphatic rings. The van der Waals surface area contributed by atoms with E-state index >= 15 is 0 Å². The van der Waals surface area contributed by atoms with Crippen molar-refractivity contribution in [3.8, 4) is 0 Å². The molecule has 8 atom stereocenters. The van der Waals surface area contributed by atoms with Gasteiger partial charge in [0.05, 0.1) is 5.70 Å². The standard InChI is InChI=1S/C24H38N2O2/c1-15(26(4)5)17-8-9-18-16-6-7-20-22(28)21(25-14-27)11-13-24(20,3)19(16)10-12-23(17,18)2/h11,14-20H,6-10,12-13H2,1-5H3,(H,25,27)/t15?,16?,17-,18?,19?,20?,23-,24-/m1/s1. The van der Waals surface area contributed by atoms with Crippen molar-refractivity contribution in [3.05, 3.63) is 11.8 Å². The highest BCUT2D eigenvalue weighted by Crippen LogP contribution is 2.67. The number of amides is 1. The van der Waals surface area contributed by atoms with E-state index in [4.69, 9.17) is 0 Å². The Kier molecular flexibility index (Phi) is 5.01. The maximum Gasteiger partial charge on any atom is 0.211 e. The van der Waals surface area contributed by atoms with E-state index in [-0.39, 0.29) is 17.1 Å². The summed E-state index contributed by atoms with van der Waals surface area (Å²) in [7, 11) is 4.45. The summed E-state index contributed by atoms with van der Waals surface area (Å²) in [6, 6.07) is 0.634. The Morgan fingerprint density at radius 1 is 1.11 bits per heavy atom. The van der Waals surface area contributed by atoms with Gasteiger partial charge in [-0.3, -0.25) is 9.59 Å². The molecule has 4 heteroatoms. The molecule has 3 saturated carbocycles. The van der Waals surface area contributed by atoms with Crippen LogP contribution in [0.4, 0.5) is 0 Å². The van der Waals surface area contributed by atoms with Crippen LogP contribution >= 0.6 is 0 Å². The first kappa shape index (κ1) is 20.1. The van der Waals surface area contributed by atoms with Crippen LogP contribution in [0.15, 0.2) is 11.8 Å². The van der Waals surface area contributed by atoms with Crippen LogP contribution in [-0.4, -0.2) is 37.2 Å². The van der Waals surface area contributed by atoms with Gasteiger partial charge in [0.1, 0.15) is 0 Å². The molecular weight excluding hydrogens is 348 g/mol. The van der Waals surface area contributed by atoms with E-state index in [1.165, 1.54) is 32.1 Å². The van der Waals surface area contributed by atoms with Gasteiger partial charge >= 0.3 is 0 Å². The molecule has 3 fully saturated rings. The molecule has 5 unspecified atom stereocenters. The van der Waals surface area contributed by atoms with E-state index < -0.39 is 0 Å². The average Bonchev–Trinajstić information content (AvgIpc) is 3.00. The van der Waals surface area contributed by atoms with Crippen molar-refractivity contribution in [1.82, 2.24) is 10.2 Å². The molecule has 0 aromatic carbocycles. The van der Waals surface area contributed by atoms with E-state index in [1.807, 2.05) is 6.08 Å². The second-order valence-corrected chi connectivity index (χ2v) is 10.9. The molecule has 1 amide bonds. The van der Waals surface area contributed by atoms with Crippen molar-refractivity contribution >= 4 is 12.2 Å². The molecule has 0 saturated heterocycles. The lowest BCUT2D eigenvalue weighted by molar-refractivity contribution is -0.140. The fourth-order valence-corrected chi connectivity index (χ4v) is 8.18. The highest BCUT2D eigenvalue weighted by atomic mass is 16.1. The molecule has 0 heterocycles. The summed E-state index contributed by atoms with van der Waals surface area (Å²) < 4.78 is 0. The van der Waals surface area contributed by atoms with Crippen LogP contribution in [0.25, 0.3) is 0 Å². The minimum absolute atomic E-state index is 0.0701. The van der Waals surface area contributed by atoms with Gasteiger partial charge in [-0.15, -0.1) is 0 Å². The summed E-state index contributed by atoms with van der Waals surface area (Å²) in [5, 5.41) is 2.65. The van der Waals surface area contributed by atoms with E-state index in [0.29, 0.717) is 29.5 Å². The highest BCUT2D eigenvalue weighted by Gasteiger charge is 2.61. The number of hydrogen-bond donors (Lipinski definition) is 1. The van der Waals surface area contributed by atoms with Gasteiger partial charge in [-0.25, -0.2) is 0 Å². The number of carbonyl (C=O) groups is 2. The molecule has 0 spiro atoms. The number of ketones is 1. The Morgan fingerprint density at radius 3 is 2.50 bits per heavy atom. The van der Waals surface area contributed by atoms with Gasteiger partial charge in [0.15, 0.2) is 5.78 Å². The zero-order valence-electron chi connectivity index (χ0n) is 18.3. The van der Waals surface area contributed by atoms with Gasteiger partial charge in [-0.1, -0.05) is 19.9 Å². The Labute approximate surface area is 170 Å². The third-order valence-electron chi connectivity index (χ3n) is 9.88. The number of carbonyl (C=O) groups excluding carboxylic acids is 2. The topological polar surface area (TPSA) is 49.4 Å². The van der Waals surface area contributed by atoms with Crippen molar-refractivity contribution in [2.45, 2.75) is 71.8 Å². The Bertz CT molecular complexity index is 686. The maximum absolute atomic E-state index is 13.0. The number of rotatable bonds is 4. The van der Waals surface area contributed by atoms with Gasteiger partial charge in [0.2, 0.25) is 6.41 Å². The molecular formula is C24H38N2O2. The summed E-state index contributed by atoms with van der Waals surface area (Å²) in [4.78, 5) is 26.3. The molecule has 1 N–H and O–H groups in total. The summed E-state index contributed by atoms with van der Waals surface area (Å²) in [6.07, 6.45) is 11.1. The third-order valence-corrected chi connectivity index (χ3v) is 9.88. The number of allylic oxidation sites excluding steroid dienone is 2. The number of Topliss-reactive ketones (excluding diaryl/α,β-unsaturated/α-hetero) is 1. The zero-order chi connectivity index (χ0) is 20.3. The first-order valence-electron chi connectivity index (χ1n) is 11.3. The Hall–Kier alpha value is -1.16. The molecule has 4 rings (SSSR count). The van der Waals surface area contributed by atoms with Gasteiger partial charge in [-0.2, -0.15) is 0 Å². The first-order valence-corrected chi connectivity index (χ1v) is 11.3. The van der Waals surface area contributed by atoms with Gasteiger partial charge in [0, 0.05) is 12.0 Å². The number of fused-ring (bicyclic) bond motifs is 5. The number of nitrogens with one attached hydrogen (secondary N) is 1. The quantitative estimate of drug-likeness (QED) is 0.743. The van der Waals surface area contributed by atoms with Crippen LogP contribution in [0.3, 0.4) is 0 Å². The second kappa shape index (κ2) is 6.97. The van der Waals surface area contributed by atoms with Crippen molar-refractivity contribution < 1.29 is 9.59 Å². The third kappa shape index (κ3) is 2.74. The smallest absolute Gasteiger partial charge is 0.211 e. The summed E-state index contributed by atoms with van der Waals surface area (Å²) in [5.41, 5.74) is 1.06. The number of nitrogens with zero attached hydrogens (tertiary/aromatic N) is 1. The highest BCUT2D eigenvalue weighted by molar-refractivity contribution is 5.99. The predicted molar refractivity (Wildman–Crippen MR) is 111 cm³/mol. The van der Waals surface area contributed by atoms with Crippen molar-refractivity contribution in [2.75, 3.05) is 14.1 Å². The predicted octanol–water partition coefficient (Wildman–Crippen LogP) is 4.01. The lowest BCUT2D eigenvalue weighted by atomic mass is 9.45. The van der Waals surface area contributed by atoms with Crippen LogP contribution in [0, 0.1) is 40.4 Å². The summed E-state index contributed by atoms with van der Waals surface area (Å²) in [6.45, 7) is 7.37. The van der Waals surface area contributed by atoms with Gasteiger partial charge < -0.3 is 10.2 Å². The van der Waals surface area contributed by atoms with Crippen LogP contribution < -0.4 is 5.32 Å². The minimum Gasteiger partial charge on any atom is -0.326 e. The van der Waals surface area contributed by atoms with Gasteiger partial charge in [0.25, 0.3) is 0 Å². The lowest BCUT2D eigenvalue weighted by Gasteiger charge is -2.60. The first-order chi connectivity index (χ1) is 13.2. The van der Waals surface area contributed by atoms with E-state index in [0.717, 1.165) is 30.6 Å². The minimum atomic E-state index is 0.0701. The Morgan fingerprint density at radius 2 is 1.82 bits per heavy atom.